The molecule has 0 aliphatic heterocycles. The number of carbonyl (C=O) groups is 3. The van der Waals surface area contributed by atoms with Crippen molar-refractivity contribution in [2.75, 3.05) is 6.61 Å². The van der Waals surface area contributed by atoms with Gasteiger partial charge in [-0.25, -0.2) is 0 Å². The SMILES string of the molecule is CCCCC/C=C\C[C@@H]1[C@H](/C=C/C(=O)CCCC(=O)OCC)[C@@H](O)C[C@H]1OC(C)=O. The fraction of sp³-hybridized carbons (Fsp3) is 0.708. The first-order chi connectivity index (χ1) is 14.4. The highest BCUT2D eigenvalue weighted by Gasteiger charge is 2.42. The molecule has 0 spiro atoms. The minimum Gasteiger partial charge on any atom is -0.466 e. The third-order valence-electron chi connectivity index (χ3n) is 5.37. The van der Waals surface area contributed by atoms with Crippen molar-refractivity contribution >= 4 is 17.7 Å². The van der Waals surface area contributed by atoms with Crippen LogP contribution in [0.1, 0.15) is 78.6 Å². The Morgan fingerprint density at radius 3 is 2.50 bits per heavy atom. The van der Waals surface area contributed by atoms with Crippen LogP contribution in [0, 0.1) is 11.8 Å². The van der Waals surface area contributed by atoms with Gasteiger partial charge in [0.15, 0.2) is 5.78 Å². The fourth-order valence-corrected chi connectivity index (χ4v) is 3.86. The van der Waals surface area contributed by atoms with Gasteiger partial charge in [0.25, 0.3) is 0 Å². The number of carbonyl (C=O) groups excluding carboxylic acids is 3. The lowest BCUT2D eigenvalue weighted by Crippen LogP contribution is -2.24. The highest BCUT2D eigenvalue weighted by Crippen LogP contribution is 2.38. The summed E-state index contributed by atoms with van der Waals surface area (Å²) in [6, 6.07) is 0. The summed E-state index contributed by atoms with van der Waals surface area (Å²) >= 11 is 0. The van der Waals surface area contributed by atoms with E-state index in [1.165, 1.54) is 25.8 Å². The standard InChI is InChI=1S/C24H38O6/c1-4-6-7-8-9-10-13-21-20(22(27)17-23(21)30-18(3)25)16-15-19(26)12-11-14-24(28)29-5-2/h9-10,15-16,20-23,27H,4-8,11-14,17H2,1-3H3/b10-9-,16-15+/t20-,21+,22-,23+/m0/s1. The van der Waals surface area contributed by atoms with Crippen LogP contribution in [0.5, 0.6) is 0 Å². The first-order valence-electron chi connectivity index (χ1n) is 11.3. The van der Waals surface area contributed by atoms with Crippen molar-refractivity contribution in [1.29, 1.82) is 0 Å². The number of ketones is 1. The Labute approximate surface area is 180 Å². The third-order valence-corrected chi connectivity index (χ3v) is 5.37. The van der Waals surface area contributed by atoms with Gasteiger partial charge in [0.1, 0.15) is 6.10 Å². The van der Waals surface area contributed by atoms with Gasteiger partial charge in [-0.1, -0.05) is 38.0 Å². The van der Waals surface area contributed by atoms with Gasteiger partial charge < -0.3 is 14.6 Å². The predicted molar refractivity (Wildman–Crippen MR) is 116 cm³/mol. The molecule has 0 aromatic carbocycles. The van der Waals surface area contributed by atoms with E-state index in [0.29, 0.717) is 25.9 Å². The number of aliphatic hydroxyl groups excluding tert-OH is 1. The van der Waals surface area contributed by atoms with E-state index in [9.17, 15) is 19.5 Å². The molecule has 0 aromatic rings. The molecule has 4 atom stereocenters. The first-order valence-corrected chi connectivity index (χ1v) is 11.3. The average molecular weight is 423 g/mol. The quantitative estimate of drug-likeness (QED) is 0.194. The first kappa shape index (κ1) is 26.1. The summed E-state index contributed by atoms with van der Waals surface area (Å²) in [6.07, 6.45) is 13.0. The second-order valence-corrected chi connectivity index (χ2v) is 7.88. The van der Waals surface area contributed by atoms with Crippen molar-refractivity contribution in [2.45, 2.75) is 90.8 Å². The van der Waals surface area contributed by atoms with Crippen molar-refractivity contribution < 1.29 is 29.0 Å². The van der Waals surface area contributed by atoms with E-state index in [1.807, 2.05) is 0 Å². The molecule has 0 bridgehead atoms. The number of rotatable bonds is 14. The molecule has 0 radical (unpaired) electrons. The van der Waals surface area contributed by atoms with Crippen LogP contribution >= 0.6 is 0 Å². The molecule has 1 rings (SSSR count). The van der Waals surface area contributed by atoms with E-state index >= 15 is 0 Å². The Hall–Kier alpha value is -1.95. The lowest BCUT2D eigenvalue weighted by Gasteiger charge is -2.22. The van der Waals surface area contributed by atoms with Gasteiger partial charge in [0.05, 0.1) is 12.7 Å². The molecule has 30 heavy (non-hydrogen) atoms. The number of unbranched alkanes of at least 4 members (excludes halogenated alkanes) is 3. The Morgan fingerprint density at radius 1 is 1.07 bits per heavy atom. The normalized spacial score (nSPS) is 23.9. The van der Waals surface area contributed by atoms with Gasteiger partial charge in [0, 0.05) is 38.0 Å². The number of ether oxygens (including phenoxy) is 2. The van der Waals surface area contributed by atoms with Crippen LogP contribution in [-0.4, -0.2) is 41.6 Å². The van der Waals surface area contributed by atoms with E-state index in [2.05, 4.69) is 19.1 Å². The smallest absolute Gasteiger partial charge is 0.305 e. The maximum absolute atomic E-state index is 12.2. The Morgan fingerprint density at radius 2 is 1.83 bits per heavy atom. The number of esters is 2. The van der Waals surface area contributed by atoms with E-state index in [-0.39, 0.29) is 48.5 Å². The van der Waals surface area contributed by atoms with Crippen LogP contribution < -0.4 is 0 Å². The lowest BCUT2D eigenvalue weighted by molar-refractivity contribution is -0.148. The fourth-order valence-electron chi connectivity index (χ4n) is 3.86. The monoisotopic (exact) mass is 422 g/mol. The molecule has 1 fully saturated rings. The summed E-state index contributed by atoms with van der Waals surface area (Å²) in [5.41, 5.74) is 0. The molecule has 1 aliphatic carbocycles. The zero-order valence-electron chi connectivity index (χ0n) is 18.7. The highest BCUT2D eigenvalue weighted by atomic mass is 16.5. The Kier molecular flexibility index (Phi) is 13.0. The van der Waals surface area contributed by atoms with Crippen LogP contribution in [0.25, 0.3) is 0 Å². The number of hydrogen-bond acceptors (Lipinski definition) is 6. The second-order valence-electron chi connectivity index (χ2n) is 7.88. The highest BCUT2D eigenvalue weighted by molar-refractivity contribution is 5.89. The molecule has 6 nitrogen and oxygen atoms in total. The van der Waals surface area contributed by atoms with E-state index in [1.54, 1.807) is 13.0 Å². The maximum Gasteiger partial charge on any atom is 0.305 e. The van der Waals surface area contributed by atoms with Gasteiger partial charge >= 0.3 is 11.9 Å². The number of allylic oxidation sites excluding steroid dienone is 3. The molecule has 0 saturated heterocycles. The molecule has 0 heterocycles. The molecule has 0 aromatic heterocycles. The largest absolute Gasteiger partial charge is 0.466 e. The average Bonchev–Trinajstić information content (AvgIpc) is 2.96. The van der Waals surface area contributed by atoms with E-state index < -0.39 is 6.10 Å². The lowest BCUT2D eigenvalue weighted by atomic mass is 9.89. The van der Waals surface area contributed by atoms with Crippen molar-refractivity contribution in [2.24, 2.45) is 11.8 Å². The predicted octanol–water partition coefficient (Wildman–Crippen LogP) is 4.30. The number of hydrogen-bond donors (Lipinski definition) is 1. The zero-order valence-corrected chi connectivity index (χ0v) is 18.7. The summed E-state index contributed by atoms with van der Waals surface area (Å²) < 4.78 is 10.3. The van der Waals surface area contributed by atoms with Crippen molar-refractivity contribution in [3.63, 3.8) is 0 Å². The van der Waals surface area contributed by atoms with Crippen LogP contribution in [0.4, 0.5) is 0 Å². The van der Waals surface area contributed by atoms with Crippen LogP contribution in [0.15, 0.2) is 24.3 Å². The van der Waals surface area contributed by atoms with Crippen LogP contribution in [0.3, 0.4) is 0 Å². The minimum atomic E-state index is -0.656. The second kappa shape index (κ2) is 14.9. The molecular formula is C24H38O6. The minimum absolute atomic E-state index is 0.0603. The van der Waals surface area contributed by atoms with Crippen molar-refractivity contribution in [3.05, 3.63) is 24.3 Å². The van der Waals surface area contributed by atoms with E-state index in [0.717, 1.165) is 12.8 Å². The summed E-state index contributed by atoms with van der Waals surface area (Å²) in [7, 11) is 0. The van der Waals surface area contributed by atoms with Gasteiger partial charge in [-0.3, -0.25) is 14.4 Å². The molecule has 6 heteroatoms. The molecular weight excluding hydrogens is 384 g/mol. The van der Waals surface area contributed by atoms with Crippen LogP contribution in [0.2, 0.25) is 0 Å². The summed E-state index contributed by atoms with van der Waals surface area (Å²) in [6.45, 7) is 5.63. The molecule has 1 N–H and O–H groups in total. The summed E-state index contributed by atoms with van der Waals surface area (Å²) in [5, 5.41) is 10.5. The third kappa shape index (κ3) is 10.2. The van der Waals surface area contributed by atoms with Gasteiger partial charge in [-0.15, -0.1) is 0 Å². The Balaban J connectivity index is 2.65. The van der Waals surface area contributed by atoms with Crippen molar-refractivity contribution in [3.8, 4) is 0 Å². The zero-order chi connectivity index (χ0) is 22.4. The van der Waals surface area contributed by atoms with Gasteiger partial charge in [0.2, 0.25) is 0 Å². The molecule has 0 unspecified atom stereocenters. The topological polar surface area (TPSA) is 89.9 Å². The van der Waals surface area contributed by atoms with Crippen LogP contribution in [-0.2, 0) is 23.9 Å². The van der Waals surface area contributed by atoms with Gasteiger partial charge in [-0.05, 0) is 38.7 Å². The molecule has 1 aliphatic rings. The van der Waals surface area contributed by atoms with Gasteiger partial charge in [-0.2, -0.15) is 0 Å². The number of aliphatic hydroxyl groups is 1. The van der Waals surface area contributed by atoms with E-state index in [4.69, 9.17) is 9.47 Å². The maximum atomic E-state index is 12.2. The molecule has 0 amide bonds. The molecule has 1 saturated carbocycles. The Bertz CT molecular complexity index is 595. The van der Waals surface area contributed by atoms with Crippen molar-refractivity contribution in [1.82, 2.24) is 0 Å². The molecule has 170 valence electrons. The summed E-state index contributed by atoms with van der Waals surface area (Å²) in [5.74, 6) is -1.05. The summed E-state index contributed by atoms with van der Waals surface area (Å²) in [4.78, 5) is 35.0.